The lowest BCUT2D eigenvalue weighted by Gasteiger charge is -2.33. The molecular formula is C19H25N5O3. The molecular weight excluding hydrogens is 346 g/mol. The van der Waals surface area contributed by atoms with E-state index in [1.54, 1.807) is 4.90 Å². The van der Waals surface area contributed by atoms with Gasteiger partial charge in [0.25, 0.3) is 0 Å². The van der Waals surface area contributed by atoms with Gasteiger partial charge in [0.2, 0.25) is 17.7 Å². The van der Waals surface area contributed by atoms with E-state index in [-0.39, 0.29) is 18.2 Å². The van der Waals surface area contributed by atoms with Crippen LogP contribution in [0.4, 0.5) is 5.69 Å². The minimum absolute atomic E-state index is 0.0440. The quantitative estimate of drug-likeness (QED) is 0.705. The maximum absolute atomic E-state index is 12.4. The highest BCUT2D eigenvalue weighted by Crippen LogP contribution is 2.17. The SMILES string of the molecule is CCCCNC(=O)Cc1noc(CN2CCN(c3ccccc3)C(=O)C2)n1. The number of piperazine rings is 1. The number of anilines is 1. The molecule has 0 unspecified atom stereocenters. The van der Waals surface area contributed by atoms with Gasteiger partial charge in [-0.2, -0.15) is 4.98 Å². The van der Waals surface area contributed by atoms with Gasteiger partial charge in [0.05, 0.1) is 19.5 Å². The summed E-state index contributed by atoms with van der Waals surface area (Å²) in [5.74, 6) is 0.727. The van der Waals surface area contributed by atoms with Crippen molar-refractivity contribution in [3.63, 3.8) is 0 Å². The second kappa shape index (κ2) is 9.27. The molecule has 1 aromatic carbocycles. The highest BCUT2D eigenvalue weighted by atomic mass is 16.5. The van der Waals surface area contributed by atoms with Crippen LogP contribution in [0, 0.1) is 0 Å². The number of hydrogen-bond acceptors (Lipinski definition) is 6. The molecule has 8 nitrogen and oxygen atoms in total. The fourth-order valence-corrected chi connectivity index (χ4v) is 2.97. The maximum Gasteiger partial charge on any atom is 0.241 e. The summed E-state index contributed by atoms with van der Waals surface area (Å²) in [7, 11) is 0. The summed E-state index contributed by atoms with van der Waals surface area (Å²) in [6.45, 7) is 4.76. The van der Waals surface area contributed by atoms with Gasteiger partial charge in [-0.1, -0.05) is 36.7 Å². The Hall–Kier alpha value is -2.74. The molecule has 1 saturated heterocycles. The van der Waals surface area contributed by atoms with Crippen LogP contribution in [0.3, 0.4) is 0 Å². The number of para-hydroxylation sites is 1. The molecule has 1 aromatic heterocycles. The van der Waals surface area contributed by atoms with Gasteiger partial charge in [-0.05, 0) is 18.6 Å². The number of aromatic nitrogens is 2. The molecule has 1 N–H and O–H groups in total. The van der Waals surface area contributed by atoms with Crippen molar-refractivity contribution in [3.8, 4) is 0 Å². The minimum Gasteiger partial charge on any atom is -0.356 e. The Bertz CT molecular complexity index is 762. The van der Waals surface area contributed by atoms with E-state index < -0.39 is 0 Å². The number of hydrogen-bond donors (Lipinski definition) is 1. The van der Waals surface area contributed by atoms with Crippen molar-refractivity contribution < 1.29 is 14.1 Å². The molecule has 2 amide bonds. The molecule has 3 rings (SSSR count). The van der Waals surface area contributed by atoms with Crippen LogP contribution < -0.4 is 10.2 Å². The molecule has 1 fully saturated rings. The third-order valence-corrected chi connectivity index (χ3v) is 4.41. The van der Waals surface area contributed by atoms with Gasteiger partial charge in [-0.15, -0.1) is 0 Å². The number of rotatable bonds is 8. The molecule has 0 aliphatic carbocycles. The van der Waals surface area contributed by atoms with Crippen LogP contribution in [0.5, 0.6) is 0 Å². The summed E-state index contributed by atoms with van der Waals surface area (Å²) in [5, 5.41) is 6.69. The molecule has 1 aliphatic heterocycles. The summed E-state index contributed by atoms with van der Waals surface area (Å²) in [6.07, 6.45) is 2.09. The first-order valence-electron chi connectivity index (χ1n) is 9.31. The average molecular weight is 371 g/mol. The van der Waals surface area contributed by atoms with E-state index in [0.717, 1.165) is 25.1 Å². The van der Waals surface area contributed by atoms with Crippen molar-refractivity contribution in [2.75, 3.05) is 31.1 Å². The largest absolute Gasteiger partial charge is 0.356 e. The van der Waals surface area contributed by atoms with Crippen LogP contribution in [-0.2, 0) is 22.6 Å². The lowest BCUT2D eigenvalue weighted by molar-refractivity contribution is -0.122. The second-order valence-electron chi connectivity index (χ2n) is 6.58. The lowest BCUT2D eigenvalue weighted by Crippen LogP contribution is -2.50. The van der Waals surface area contributed by atoms with Gasteiger partial charge in [0, 0.05) is 25.3 Å². The monoisotopic (exact) mass is 371 g/mol. The molecule has 0 bridgehead atoms. The highest BCUT2D eigenvalue weighted by Gasteiger charge is 2.26. The molecule has 0 spiro atoms. The van der Waals surface area contributed by atoms with Crippen LogP contribution in [0.15, 0.2) is 34.9 Å². The number of carbonyl (C=O) groups excluding carboxylic acids is 2. The zero-order valence-electron chi connectivity index (χ0n) is 15.6. The van der Waals surface area contributed by atoms with Crippen molar-refractivity contribution in [2.24, 2.45) is 0 Å². The fourth-order valence-electron chi connectivity index (χ4n) is 2.97. The van der Waals surface area contributed by atoms with E-state index in [0.29, 0.717) is 37.9 Å². The summed E-state index contributed by atoms with van der Waals surface area (Å²) in [6, 6.07) is 9.65. The van der Waals surface area contributed by atoms with E-state index in [9.17, 15) is 9.59 Å². The van der Waals surface area contributed by atoms with E-state index >= 15 is 0 Å². The Morgan fingerprint density at radius 3 is 2.81 bits per heavy atom. The van der Waals surface area contributed by atoms with E-state index in [4.69, 9.17) is 4.52 Å². The molecule has 2 aromatic rings. The maximum atomic E-state index is 12.4. The molecule has 0 atom stereocenters. The normalized spacial score (nSPS) is 15.1. The van der Waals surface area contributed by atoms with Crippen molar-refractivity contribution in [3.05, 3.63) is 42.0 Å². The van der Waals surface area contributed by atoms with Gasteiger partial charge < -0.3 is 14.7 Å². The Balaban J connectivity index is 1.48. The molecule has 144 valence electrons. The summed E-state index contributed by atoms with van der Waals surface area (Å²) < 4.78 is 5.23. The first-order chi connectivity index (χ1) is 13.2. The smallest absolute Gasteiger partial charge is 0.241 e. The van der Waals surface area contributed by atoms with Gasteiger partial charge in [0.15, 0.2) is 5.82 Å². The average Bonchev–Trinajstić information content (AvgIpc) is 3.09. The van der Waals surface area contributed by atoms with Gasteiger partial charge in [-0.25, -0.2) is 0 Å². The zero-order valence-corrected chi connectivity index (χ0v) is 15.6. The number of amides is 2. The topological polar surface area (TPSA) is 91.6 Å². The summed E-state index contributed by atoms with van der Waals surface area (Å²) in [5.41, 5.74) is 0.913. The predicted molar refractivity (Wildman–Crippen MR) is 100.0 cm³/mol. The van der Waals surface area contributed by atoms with E-state index in [2.05, 4.69) is 22.4 Å². The highest BCUT2D eigenvalue weighted by molar-refractivity contribution is 5.95. The Morgan fingerprint density at radius 1 is 1.26 bits per heavy atom. The standard InChI is InChI=1S/C19H25N5O3/c1-2-3-9-20-17(25)12-16-21-18(27-22-16)13-23-10-11-24(19(26)14-23)15-7-5-4-6-8-15/h4-8H,2-3,9-14H2,1H3,(H,20,25). The van der Waals surface area contributed by atoms with Crippen molar-refractivity contribution >= 4 is 17.5 Å². The van der Waals surface area contributed by atoms with Gasteiger partial charge in [-0.3, -0.25) is 14.5 Å². The fraction of sp³-hybridized carbons (Fsp3) is 0.474. The van der Waals surface area contributed by atoms with Crippen LogP contribution in [0.1, 0.15) is 31.5 Å². The molecule has 1 aliphatic rings. The number of nitrogens with zero attached hydrogens (tertiary/aromatic N) is 4. The molecule has 0 radical (unpaired) electrons. The summed E-state index contributed by atoms with van der Waals surface area (Å²) >= 11 is 0. The number of unbranched alkanes of at least 4 members (excludes halogenated alkanes) is 1. The Kier molecular flexibility index (Phi) is 6.54. The van der Waals surface area contributed by atoms with Crippen LogP contribution in [0.25, 0.3) is 0 Å². The van der Waals surface area contributed by atoms with Crippen molar-refractivity contribution in [1.82, 2.24) is 20.4 Å². The first-order valence-corrected chi connectivity index (χ1v) is 9.31. The lowest BCUT2D eigenvalue weighted by atomic mass is 10.2. The van der Waals surface area contributed by atoms with Crippen LogP contribution in [-0.4, -0.2) is 53.0 Å². The van der Waals surface area contributed by atoms with Gasteiger partial charge >= 0.3 is 0 Å². The Labute approximate surface area is 158 Å². The van der Waals surface area contributed by atoms with Crippen molar-refractivity contribution in [1.29, 1.82) is 0 Å². The molecule has 27 heavy (non-hydrogen) atoms. The first kappa shape index (κ1) is 19.0. The third-order valence-electron chi connectivity index (χ3n) is 4.41. The van der Waals surface area contributed by atoms with Crippen LogP contribution >= 0.6 is 0 Å². The molecule has 0 saturated carbocycles. The zero-order chi connectivity index (χ0) is 19.1. The second-order valence-corrected chi connectivity index (χ2v) is 6.58. The predicted octanol–water partition coefficient (Wildman–Crippen LogP) is 1.38. The number of benzene rings is 1. The Morgan fingerprint density at radius 2 is 2.07 bits per heavy atom. The van der Waals surface area contributed by atoms with Crippen molar-refractivity contribution in [2.45, 2.75) is 32.7 Å². The summed E-state index contributed by atoms with van der Waals surface area (Å²) in [4.78, 5) is 32.3. The third kappa shape index (κ3) is 5.37. The van der Waals surface area contributed by atoms with Crippen LogP contribution in [0.2, 0.25) is 0 Å². The number of carbonyl (C=O) groups is 2. The van der Waals surface area contributed by atoms with Gasteiger partial charge in [0.1, 0.15) is 0 Å². The molecule has 8 heteroatoms. The molecule has 2 heterocycles. The van der Waals surface area contributed by atoms with E-state index in [1.807, 2.05) is 35.2 Å². The number of nitrogens with one attached hydrogen (secondary N) is 1. The van der Waals surface area contributed by atoms with E-state index in [1.165, 1.54) is 0 Å². The minimum atomic E-state index is -0.109.